The molecule has 2 nitrogen and oxygen atoms in total. The maximum absolute atomic E-state index is 5.98. The second kappa shape index (κ2) is 5.82. The van der Waals surface area contributed by atoms with Crippen molar-refractivity contribution in [1.82, 2.24) is 5.43 Å². The quantitative estimate of drug-likeness (QED) is 0.593. The number of nitrogens with two attached hydrogens (primary N) is 1. The molecule has 1 aromatic heterocycles. The number of rotatable bonds is 3. The Kier molecular flexibility index (Phi) is 4.63. The topological polar surface area (TPSA) is 38.0 Å². The Morgan fingerprint density at radius 3 is 2.53 bits per heavy atom. The predicted molar refractivity (Wildman–Crippen MR) is 80.3 cm³/mol. The number of benzene rings is 1. The van der Waals surface area contributed by atoms with E-state index in [-0.39, 0.29) is 6.04 Å². The third kappa shape index (κ3) is 2.92. The standard InChI is InChI=1S/C11H9Br2ClN2S/c12-8-3-6(1-2-10(8)14)11(16-15)7-4-17-5-9(7)13/h1-5,11,16H,15H2. The number of nitrogens with one attached hydrogen (secondary N) is 1. The second-order valence-electron chi connectivity index (χ2n) is 3.45. The SMILES string of the molecule is NNC(c1ccc(Cl)c(Br)c1)c1cscc1Br. The summed E-state index contributed by atoms with van der Waals surface area (Å²) in [5.41, 5.74) is 5.00. The molecule has 1 unspecified atom stereocenters. The van der Waals surface area contributed by atoms with Crippen molar-refractivity contribution < 1.29 is 0 Å². The predicted octanol–water partition coefficient (Wildman–Crippen LogP) is 4.48. The number of halogens is 3. The van der Waals surface area contributed by atoms with Gasteiger partial charge in [-0.1, -0.05) is 17.7 Å². The Balaban J connectivity index is 2.42. The van der Waals surface area contributed by atoms with Crippen LogP contribution in [-0.4, -0.2) is 0 Å². The highest BCUT2D eigenvalue weighted by Crippen LogP contribution is 2.33. The van der Waals surface area contributed by atoms with Crippen molar-refractivity contribution in [3.63, 3.8) is 0 Å². The van der Waals surface area contributed by atoms with E-state index in [0.717, 1.165) is 20.1 Å². The summed E-state index contributed by atoms with van der Waals surface area (Å²) >= 11 is 14.5. The maximum atomic E-state index is 5.98. The highest BCUT2D eigenvalue weighted by atomic mass is 79.9. The van der Waals surface area contributed by atoms with Crippen LogP contribution in [0, 0.1) is 0 Å². The summed E-state index contributed by atoms with van der Waals surface area (Å²) in [5, 5.41) is 4.79. The lowest BCUT2D eigenvalue weighted by Gasteiger charge is -2.16. The molecule has 2 rings (SSSR count). The van der Waals surface area contributed by atoms with E-state index in [1.807, 2.05) is 23.6 Å². The summed E-state index contributed by atoms with van der Waals surface area (Å²) in [6.45, 7) is 0. The van der Waals surface area contributed by atoms with Crippen molar-refractivity contribution in [2.75, 3.05) is 0 Å². The van der Waals surface area contributed by atoms with Crippen LogP contribution in [0.25, 0.3) is 0 Å². The lowest BCUT2D eigenvalue weighted by atomic mass is 10.0. The van der Waals surface area contributed by atoms with Crippen molar-refractivity contribution in [2.24, 2.45) is 5.84 Å². The van der Waals surface area contributed by atoms with Crippen molar-refractivity contribution in [1.29, 1.82) is 0 Å². The van der Waals surface area contributed by atoms with Crippen LogP contribution in [0.5, 0.6) is 0 Å². The molecule has 0 fully saturated rings. The van der Waals surface area contributed by atoms with Gasteiger partial charge in [0.2, 0.25) is 0 Å². The molecule has 0 radical (unpaired) electrons. The Labute approximate surface area is 125 Å². The molecular weight excluding hydrogens is 387 g/mol. The van der Waals surface area contributed by atoms with Crippen LogP contribution < -0.4 is 11.3 Å². The fourth-order valence-corrected chi connectivity index (χ4v) is 3.62. The van der Waals surface area contributed by atoms with Gasteiger partial charge in [0.15, 0.2) is 0 Å². The van der Waals surface area contributed by atoms with Crippen LogP contribution in [0.1, 0.15) is 17.2 Å². The molecule has 0 aliphatic rings. The first-order valence-corrected chi connectivity index (χ1v) is 7.67. The van der Waals surface area contributed by atoms with E-state index in [1.54, 1.807) is 11.3 Å². The van der Waals surface area contributed by atoms with E-state index < -0.39 is 0 Å². The zero-order valence-electron chi connectivity index (χ0n) is 8.58. The fourth-order valence-electron chi connectivity index (χ4n) is 1.55. The largest absolute Gasteiger partial charge is 0.271 e. The van der Waals surface area contributed by atoms with Gasteiger partial charge in [-0.05, 0) is 60.5 Å². The summed E-state index contributed by atoms with van der Waals surface area (Å²) in [7, 11) is 0. The van der Waals surface area contributed by atoms with Gasteiger partial charge in [-0.25, -0.2) is 5.43 Å². The zero-order chi connectivity index (χ0) is 12.4. The summed E-state index contributed by atoms with van der Waals surface area (Å²) < 4.78 is 1.92. The molecule has 3 N–H and O–H groups in total. The summed E-state index contributed by atoms with van der Waals surface area (Å²) in [4.78, 5) is 0. The van der Waals surface area contributed by atoms with Gasteiger partial charge in [-0.3, -0.25) is 5.84 Å². The minimum Gasteiger partial charge on any atom is -0.271 e. The maximum Gasteiger partial charge on any atom is 0.0729 e. The Morgan fingerprint density at radius 2 is 2.00 bits per heavy atom. The molecule has 0 amide bonds. The van der Waals surface area contributed by atoms with E-state index in [1.165, 1.54) is 0 Å². The van der Waals surface area contributed by atoms with Crippen LogP contribution in [0.3, 0.4) is 0 Å². The summed E-state index contributed by atoms with van der Waals surface area (Å²) in [6.07, 6.45) is 0. The van der Waals surface area contributed by atoms with E-state index >= 15 is 0 Å². The average molecular weight is 397 g/mol. The number of hydrogen-bond acceptors (Lipinski definition) is 3. The number of hydrogen-bond donors (Lipinski definition) is 2. The molecule has 0 bridgehead atoms. The van der Waals surface area contributed by atoms with Crippen molar-refractivity contribution in [3.8, 4) is 0 Å². The summed E-state index contributed by atoms with van der Waals surface area (Å²) in [6, 6.07) is 5.73. The van der Waals surface area contributed by atoms with Crippen LogP contribution in [0.2, 0.25) is 5.02 Å². The molecule has 2 aromatic rings. The molecule has 1 atom stereocenters. The van der Waals surface area contributed by atoms with Crippen molar-refractivity contribution in [3.05, 3.63) is 54.1 Å². The van der Waals surface area contributed by atoms with Crippen LogP contribution >= 0.6 is 54.8 Å². The first-order valence-electron chi connectivity index (χ1n) is 4.76. The molecule has 0 saturated heterocycles. The third-order valence-corrected chi connectivity index (χ3v) is 5.36. The van der Waals surface area contributed by atoms with Gasteiger partial charge in [0.25, 0.3) is 0 Å². The molecule has 0 spiro atoms. The van der Waals surface area contributed by atoms with E-state index in [0.29, 0.717) is 5.02 Å². The first kappa shape index (κ1) is 13.5. The molecule has 0 aliphatic heterocycles. The van der Waals surface area contributed by atoms with Gasteiger partial charge >= 0.3 is 0 Å². The second-order valence-corrected chi connectivity index (χ2v) is 6.31. The molecule has 90 valence electrons. The summed E-state index contributed by atoms with van der Waals surface area (Å²) in [5.74, 6) is 5.64. The van der Waals surface area contributed by atoms with Gasteiger partial charge in [0, 0.05) is 14.3 Å². The van der Waals surface area contributed by atoms with Gasteiger partial charge < -0.3 is 0 Å². The molecule has 17 heavy (non-hydrogen) atoms. The van der Waals surface area contributed by atoms with Gasteiger partial charge in [0.1, 0.15) is 0 Å². The zero-order valence-corrected chi connectivity index (χ0v) is 13.3. The lowest BCUT2D eigenvalue weighted by Crippen LogP contribution is -2.28. The molecule has 6 heteroatoms. The average Bonchev–Trinajstić information content (AvgIpc) is 2.71. The first-order chi connectivity index (χ1) is 8.13. The van der Waals surface area contributed by atoms with Crippen LogP contribution in [0.4, 0.5) is 0 Å². The molecular formula is C11H9Br2ClN2S. The van der Waals surface area contributed by atoms with E-state index in [2.05, 4.69) is 42.7 Å². The number of thiophene rings is 1. The monoisotopic (exact) mass is 394 g/mol. The van der Waals surface area contributed by atoms with Crippen LogP contribution in [-0.2, 0) is 0 Å². The lowest BCUT2D eigenvalue weighted by molar-refractivity contribution is 0.636. The van der Waals surface area contributed by atoms with Gasteiger partial charge in [-0.15, -0.1) is 0 Å². The van der Waals surface area contributed by atoms with Crippen molar-refractivity contribution >= 4 is 54.8 Å². The Morgan fingerprint density at radius 1 is 1.24 bits per heavy atom. The third-order valence-electron chi connectivity index (χ3n) is 2.40. The number of hydrazine groups is 1. The van der Waals surface area contributed by atoms with Crippen LogP contribution in [0.15, 0.2) is 37.9 Å². The van der Waals surface area contributed by atoms with Gasteiger partial charge in [0.05, 0.1) is 11.1 Å². The Hall–Kier alpha value is 0.0900. The minimum atomic E-state index is -0.0517. The smallest absolute Gasteiger partial charge is 0.0729 e. The highest BCUT2D eigenvalue weighted by molar-refractivity contribution is 9.10. The van der Waals surface area contributed by atoms with Crippen molar-refractivity contribution in [2.45, 2.75) is 6.04 Å². The molecule has 1 heterocycles. The van der Waals surface area contributed by atoms with Gasteiger partial charge in [-0.2, -0.15) is 11.3 Å². The molecule has 0 aliphatic carbocycles. The molecule has 1 aromatic carbocycles. The highest BCUT2D eigenvalue weighted by Gasteiger charge is 2.16. The molecule has 0 saturated carbocycles. The minimum absolute atomic E-state index is 0.0517. The van der Waals surface area contributed by atoms with E-state index in [9.17, 15) is 0 Å². The van der Waals surface area contributed by atoms with E-state index in [4.69, 9.17) is 17.4 Å². The Bertz CT molecular complexity index is 530. The fraction of sp³-hybridized carbons (Fsp3) is 0.0909. The normalized spacial score (nSPS) is 12.7.